The zero-order valence-electron chi connectivity index (χ0n) is 17.7. The van der Waals surface area contributed by atoms with Gasteiger partial charge in [-0.1, -0.05) is 42.5 Å². The van der Waals surface area contributed by atoms with Crippen molar-refractivity contribution in [3.8, 4) is 0 Å². The van der Waals surface area contributed by atoms with Crippen LogP contribution in [0, 0.1) is 0 Å². The molecule has 3 aromatic rings. The molecule has 5 nitrogen and oxygen atoms in total. The maximum atomic E-state index is 11.6. The van der Waals surface area contributed by atoms with E-state index in [4.69, 9.17) is 0 Å². The van der Waals surface area contributed by atoms with Gasteiger partial charge in [-0.05, 0) is 71.3 Å². The van der Waals surface area contributed by atoms with Crippen molar-refractivity contribution in [2.45, 2.75) is 32.1 Å². The standard InChI is InChI=1S/C25H26N2O3S/c1-17(28)26-21-12-13-24-20(16-21)11-10-19-7-3-4-9-23(19)25(24)15-18-6-5-8-22(14-18)27-31(2,29)30/h3-9,12-14,16,25,27H,10-11,15H2,1-2H3,(H,26,28)/t25-/m1/s1. The Balaban J connectivity index is 1.74. The van der Waals surface area contributed by atoms with Gasteiger partial charge in [0.05, 0.1) is 6.26 Å². The lowest BCUT2D eigenvalue weighted by Gasteiger charge is -2.21. The van der Waals surface area contributed by atoms with Gasteiger partial charge in [0.25, 0.3) is 0 Å². The lowest BCUT2D eigenvalue weighted by Crippen LogP contribution is -2.11. The number of fused-ring (bicyclic) bond motifs is 2. The fourth-order valence-corrected chi connectivity index (χ4v) is 4.97. The van der Waals surface area contributed by atoms with Crippen molar-refractivity contribution in [2.24, 2.45) is 0 Å². The second-order valence-corrected chi connectivity index (χ2v) is 9.87. The minimum atomic E-state index is -3.33. The molecule has 4 rings (SSSR count). The van der Waals surface area contributed by atoms with E-state index >= 15 is 0 Å². The third-order valence-corrected chi connectivity index (χ3v) is 6.21. The molecule has 0 saturated carbocycles. The molecule has 0 unspecified atom stereocenters. The maximum absolute atomic E-state index is 11.6. The van der Waals surface area contributed by atoms with Crippen molar-refractivity contribution >= 4 is 27.3 Å². The molecule has 0 aliphatic heterocycles. The van der Waals surface area contributed by atoms with E-state index in [0.717, 1.165) is 36.8 Å². The van der Waals surface area contributed by atoms with Crippen LogP contribution in [-0.2, 0) is 34.1 Å². The zero-order valence-corrected chi connectivity index (χ0v) is 18.5. The lowest BCUT2D eigenvalue weighted by molar-refractivity contribution is -0.114. The summed E-state index contributed by atoms with van der Waals surface area (Å²) in [5.74, 6) is 0.0668. The number of anilines is 2. The first kappa shape index (κ1) is 21.1. The van der Waals surface area contributed by atoms with E-state index in [0.29, 0.717) is 5.69 Å². The van der Waals surface area contributed by atoms with E-state index in [-0.39, 0.29) is 11.8 Å². The van der Waals surface area contributed by atoms with Crippen LogP contribution in [0.4, 0.5) is 11.4 Å². The molecule has 160 valence electrons. The highest BCUT2D eigenvalue weighted by atomic mass is 32.2. The van der Waals surface area contributed by atoms with Crippen LogP contribution in [0.5, 0.6) is 0 Å². The molecule has 0 radical (unpaired) electrons. The molecule has 2 N–H and O–H groups in total. The molecule has 0 spiro atoms. The number of nitrogens with one attached hydrogen (secondary N) is 2. The van der Waals surface area contributed by atoms with E-state index in [9.17, 15) is 13.2 Å². The molecule has 1 aliphatic carbocycles. The molecule has 0 aromatic heterocycles. The highest BCUT2D eigenvalue weighted by Crippen LogP contribution is 2.38. The van der Waals surface area contributed by atoms with Gasteiger partial charge in [0.1, 0.15) is 0 Å². The summed E-state index contributed by atoms with van der Waals surface area (Å²) in [4.78, 5) is 11.5. The van der Waals surface area contributed by atoms with Crippen molar-refractivity contribution in [3.05, 3.63) is 94.5 Å². The molecular formula is C25H26N2O3S. The van der Waals surface area contributed by atoms with Crippen molar-refractivity contribution in [1.82, 2.24) is 0 Å². The third-order valence-electron chi connectivity index (χ3n) is 5.60. The van der Waals surface area contributed by atoms with Gasteiger partial charge in [-0.2, -0.15) is 0 Å². The highest BCUT2D eigenvalue weighted by Gasteiger charge is 2.24. The van der Waals surface area contributed by atoms with E-state index in [1.807, 2.05) is 24.3 Å². The van der Waals surface area contributed by atoms with Crippen LogP contribution in [0.15, 0.2) is 66.7 Å². The summed E-state index contributed by atoms with van der Waals surface area (Å²) in [6.07, 6.45) is 3.76. The first-order chi connectivity index (χ1) is 14.8. The molecule has 1 amide bonds. The molecule has 1 aliphatic rings. The van der Waals surface area contributed by atoms with Crippen molar-refractivity contribution in [1.29, 1.82) is 0 Å². The smallest absolute Gasteiger partial charge is 0.229 e. The Labute approximate surface area is 183 Å². The summed E-state index contributed by atoms with van der Waals surface area (Å²) in [6, 6.07) is 22.3. The second kappa shape index (κ2) is 8.55. The van der Waals surface area contributed by atoms with Gasteiger partial charge in [-0.25, -0.2) is 8.42 Å². The fourth-order valence-electron chi connectivity index (χ4n) is 4.41. The average Bonchev–Trinajstić information content (AvgIpc) is 2.84. The van der Waals surface area contributed by atoms with Gasteiger partial charge < -0.3 is 5.32 Å². The number of sulfonamides is 1. The Kier molecular flexibility index (Phi) is 5.83. The van der Waals surface area contributed by atoms with E-state index in [1.54, 1.807) is 6.07 Å². The maximum Gasteiger partial charge on any atom is 0.229 e. The Bertz CT molecular complexity index is 1240. The minimum absolute atomic E-state index is 0.0800. The summed E-state index contributed by atoms with van der Waals surface area (Å²) >= 11 is 0. The number of amides is 1. The number of hydrogen-bond donors (Lipinski definition) is 2. The van der Waals surface area contributed by atoms with Gasteiger partial charge in [-0.15, -0.1) is 0 Å². The molecule has 0 fully saturated rings. The van der Waals surface area contributed by atoms with Gasteiger partial charge in [0, 0.05) is 24.2 Å². The summed E-state index contributed by atoms with van der Waals surface area (Å²) in [5.41, 5.74) is 7.56. The van der Waals surface area contributed by atoms with Crippen LogP contribution < -0.4 is 10.0 Å². The number of hydrogen-bond acceptors (Lipinski definition) is 3. The summed E-state index contributed by atoms with van der Waals surface area (Å²) in [5, 5.41) is 2.89. The number of aryl methyl sites for hydroxylation is 2. The van der Waals surface area contributed by atoms with Crippen molar-refractivity contribution in [3.63, 3.8) is 0 Å². The Morgan fingerprint density at radius 2 is 1.65 bits per heavy atom. The van der Waals surface area contributed by atoms with Gasteiger partial charge in [-0.3, -0.25) is 9.52 Å². The number of benzene rings is 3. The van der Waals surface area contributed by atoms with E-state index in [1.165, 1.54) is 29.2 Å². The first-order valence-electron chi connectivity index (χ1n) is 10.3. The lowest BCUT2D eigenvalue weighted by atomic mass is 9.83. The third kappa shape index (κ3) is 5.14. The Morgan fingerprint density at radius 3 is 2.42 bits per heavy atom. The second-order valence-electron chi connectivity index (χ2n) is 8.12. The number of carbonyl (C=O) groups is 1. The SMILES string of the molecule is CC(=O)Nc1ccc2c(c1)CCc1ccccc1[C@H]2Cc1cccc(NS(C)(=O)=O)c1. The molecule has 6 heteroatoms. The van der Waals surface area contributed by atoms with E-state index in [2.05, 4.69) is 46.4 Å². The first-order valence-corrected chi connectivity index (χ1v) is 12.2. The topological polar surface area (TPSA) is 75.3 Å². The van der Waals surface area contributed by atoms with Gasteiger partial charge in [0.15, 0.2) is 0 Å². The summed E-state index contributed by atoms with van der Waals surface area (Å²) < 4.78 is 25.9. The summed E-state index contributed by atoms with van der Waals surface area (Å²) in [6.45, 7) is 1.52. The molecule has 0 heterocycles. The monoisotopic (exact) mass is 434 g/mol. The van der Waals surface area contributed by atoms with Crippen LogP contribution in [-0.4, -0.2) is 20.6 Å². The number of carbonyl (C=O) groups excluding carboxylic acids is 1. The highest BCUT2D eigenvalue weighted by molar-refractivity contribution is 7.92. The predicted molar refractivity (Wildman–Crippen MR) is 125 cm³/mol. The van der Waals surface area contributed by atoms with Crippen molar-refractivity contribution in [2.75, 3.05) is 16.3 Å². The van der Waals surface area contributed by atoms with Crippen LogP contribution in [0.2, 0.25) is 0 Å². The quantitative estimate of drug-likeness (QED) is 0.621. The normalized spacial score (nSPS) is 15.4. The van der Waals surface area contributed by atoms with Crippen LogP contribution >= 0.6 is 0 Å². The largest absolute Gasteiger partial charge is 0.326 e. The predicted octanol–water partition coefficient (Wildman–Crippen LogP) is 4.49. The van der Waals surface area contributed by atoms with Gasteiger partial charge in [0.2, 0.25) is 15.9 Å². The summed E-state index contributed by atoms with van der Waals surface area (Å²) in [7, 11) is -3.33. The van der Waals surface area contributed by atoms with Crippen molar-refractivity contribution < 1.29 is 13.2 Å². The minimum Gasteiger partial charge on any atom is -0.326 e. The average molecular weight is 435 g/mol. The van der Waals surface area contributed by atoms with Crippen LogP contribution in [0.25, 0.3) is 0 Å². The molecule has 0 bridgehead atoms. The number of rotatable bonds is 5. The molecule has 0 saturated heterocycles. The molecule has 3 aromatic carbocycles. The fraction of sp³-hybridized carbons (Fsp3) is 0.240. The molecular weight excluding hydrogens is 408 g/mol. The van der Waals surface area contributed by atoms with Crippen LogP contribution in [0.1, 0.15) is 40.7 Å². The molecule has 1 atom stereocenters. The molecule has 31 heavy (non-hydrogen) atoms. The van der Waals surface area contributed by atoms with Gasteiger partial charge >= 0.3 is 0 Å². The van der Waals surface area contributed by atoms with E-state index < -0.39 is 10.0 Å². The zero-order chi connectivity index (χ0) is 22.0. The Morgan fingerprint density at radius 1 is 0.903 bits per heavy atom. The van der Waals surface area contributed by atoms with Crippen LogP contribution in [0.3, 0.4) is 0 Å². The Hall–Kier alpha value is -3.12.